The number of nitriles is 1. The highest BCUT2D eigenvalue weighted by Gasteiger charge is 2.10. The molecule has 0 spiro atoms. The van der Waals surface area contributed by atoms with Gasteiger partial charge in [0.05, 0.1) is 5.56 Å². The molecule has 1 aromatic heterocycles. The summed E-state index contributed by atoms with van der Waals surface area (Å²) in [5.41, 5.74) is 0.818. The van der Waals surface area contributed by atoms with Gasteiger partial charge in [-0.15, -0.1) is 11.3 Å². The second kappa shape index (κ2) is 4.17. The van der Waals surface area contributed by atoms with E-state index in [0.717, 1.165) is 21.2 Å². The van der Waals surface area contributed by atoms with Gasteiger partial charge in [-0.25, -0.2) is 0 Å². The van der Waals surface area contributed by atoms with Crippen LogP contribution >= 0.6 is 49.9 Å². The lowest BCUT2D eigenvalue weighted by Gasteiger charge is -1.90. The number of halogens is 2. The van der Waals surface area contributed by atoms with Crippen molar-refractivity contribution in [2.24, 2.45) is 0 Å². The molecule has 1 nitrogen and oxygen atoms in total. The number of hydrogen-bond donors (Lipinski definition) is 0. The lowest BCUT2D eigenvalue weighted by molar-refractivity contribution is 1.47. The van der Waals surface area contributed by atoms with Crippen LogP contribution in [0.2, 0.25) is 0 Å². The molecule has 1 aromatic carbocycles. The van der Waals surface area contributed by atoms with Gasteiger partial charge in [-0.2, -0.15) is 5.26 Å². The molecule has 0 aliphatic rings. The molecule has 0 amide bonds. The van der Waals surface area contributed by atoms with Gasteiger partial charge < -0.3 is 0 Å². The van der Waals surface area contributed by atoms with E-state index in [2.05, 4.69) is 50.7 Å². The molecule has 70 valence electrons. The van der Waals surface area contributed by atoms with E-state index in [-0.39, 0.29) is 0 Å². The van der Waals surface area contributed by atoms with Crippen LogP contribution in [0, 0.1) is 14.9 Å². The van der Waals surface area contributed by atoms with Crippen molar-refractivity contribution in [2.45, 2.75) is 5.33 Å². The number of fused-ring (bicyclic) bond motifs is 1. The Kier molecular flexibility index (Phi) is 3.10. The highest BCUT2D eigenvalue weighted by Crippen LogP contribution is 2.33. The summed E-state index contributed by atoms with van der Waals surface area (Å²) in [5, 5.41) is 10.9. The smallest absolute Gasteiger partial charge is 0.101 e. The van der Waals surface area contributed by atoms with Crippen LogP contribution in [0.15, 0.2) is 18.2 Å². The van der Waals surface area contributed by atoms with E-state index in [0.29, 0.717) is 0 Å². The number of nitrogens with zero attached hydrogens (tertiary/aromatic N) is 1. The van der Waals surface area contributed by atoms with Crippen molar-refractivity contribution < 1.29 is 0 Å². The SMILES string of the molecule is N#Cc1c(CBr)sc2cc(I)ccc12. The topological polar surface area (TPSA) is 23.8 Å². The van der Waals surface area contributed by atoms with E-state index in [9.17, 15) is 0 Å². The summed E-state index contributed by atoms with van der Waals surface area (Å²) in [5.74, 6) is 0. The standard InChI is InChI=1S/C10H5BrINS/c11-4-10-8(5-13)7-2-1-6(12)3-9(7)14-10/h1-3H,4H2. The van der Waals surface area contributed by atoms with E-state index >= 15 is 0 Å². The predicted octanol–water partition coefficient (Wildman–Crippen LogP) is 4.27. The third-order valence-electron chi connectivity index (χ3n) is 1.96. The molecule has 0 atom stereocenters. The van der Waals surface area contributed by atoms with Crippen LogP contribution in [0.1, 0.15) is 10.4 Å². The van der Waals surface area contributed by atoms with Gasteiger partial charge in [0.2, 0.25) is 0 Å². The summed E-state index contributed by atoms with van der Waals surface area (Å²) in [7, 11) is 0. The first-order valence-corrected chi connectivity index (χ1v) is 6.95. The van der Waals surface area contributed by atoms with Crippen molar-refractivity contribution in [2.75, 3.05) is 0 Å². The Balaban J connectivity index is 2.81. The van der Waals surface area contributed by atoms with E-state index in [1.807, 2.05) is 12.1 Å². The Hall–Kier alpha value is -0.120. The number of thiophene rings is 1. The van der Waals surface area contributed by atoms with Crippen molar-refractivity contribution >= 4 is 59.9 Å². The summed E-state index contributed by atoms with van der Waals surface area (Å²) >= 11 is 7.38. The predicted molar refractivity (Wildman–Crippen MR) is 71.9 cm³/mol. The second-order valence-corrected chi connectivity index (χ2v) is 5.73. The minimum absolute atomic E-state index is 0.756. The Bertz CT molecular complexity index is 527. The summed E-state index contributed by atoms with van der Waals surface area (Å²) < 4.78 is 2.41. The van der Waals surface area contributed by atoms with Gasteiger partial charge in [-0.1, -0.05) is 22.0 Å². The maximum absolute atomic E-state index is 9.04. The molecule has 14 heavy (non-hydrogen) atoms. The zero-order valence-electron chi connectivity index (χ0n) is 7.05. The summed E-state index contributed by atoms with van der Waals surface area (Å²) in [6.45, 7) is 0. The quantitative estimate of drug-likeness (QED) is 0.537. The van der Waals surface area contributed by atoms with Crippen LogP contribution in [-0.4, -0.2) is 0 Å². The molecular formula is C10H5BrINS. The molecule has 0 saturated heterocycles. The normalized spacial score (nSPS) is 10.4. The van der Waals surface area contributed by atoms with Crippen molar-refractivity contribution in [1.82, 2.24) is 0 Å². The van der Waals surface area contributed by atoms with Gasteiger partial charge in [0.15, 0.2) is 0 Å². The first-order chi connectivity index (χ1) is 6.76. The number of alkyl halides is 1. The largest absolute Gasteiger partial charge is 0.192 e. The third-order valence-corrected chi connectivity index (χ3v) is 4.71. The molecule has 0 unspecified atom stereocenters. The fourth-order valence-electron chi connectivity index (χ4n) is 1.34. The zero-order valence-corrected chi connectivity index (χ0v) is 11.6. The molecule has 2 aromatic rings. The Morgan fingerprint density at radius 3 is 2.93 bits per heavy atom. The molecule has 0 N–H and O–H groups in total. The van der Waals surface area contributed by atoms with Crippen molar-refractivity contribution in [1.29, 1.82) is 5.26 Å². The molecule has 0 aliphatic carbocycles. The van der Waals surface area contributed by atoms with E-state index in [1.54, 1.807) is 11.3 Å². The molecule has 0 saturated carbocycles. The second-order valence-electron chi connectivity index (χ2n) is 2.79. The number of hydrogen-bond acceptors (Lipinski definition) is 2. The van der Waals surface area contributed by atoms with Gasteiger partial charge in [-0.3, -0.25) is 0 Å². The first-order valence-electron chi connectivity index (χ1n) is 3.93. The molecule has 0 aliphatic heterocycles. The van der Waals surface area contributed by atoms with Crippen molar-refractivity contribution in [3.05, 3.63) is 32.2 Å². The van der Waals surface area contributed by atoms with Crippen LogP contribution in [0.5, 0.6) is 0 Å². The Morgan fingerprint density at radius 1 is 1.50 bits per heavy atom. The van der Waals surface area contributed by atoms with Crippen LogP contribution in [-0.2, 0) is 5.33 Å². The van der Waals surface area contributed by atoms with Crippen LogP contribution in [0.4, 0.5) is 0 Å². The summed E-state index contributed by atoms with van der Waals surface area (Å²) in [6, 6.07) is 8.45. The summed E-state index contributed by atoms with van der Waals surface area (Å²) in [4.78, 5) is 1.12. The van der Waals surface area contributed by atoms with Gasteiger partial charge in [0, 0.05) is 23.9 Å². The van der Waals surface area contributed by atoms with E-state index in [4.69, 9.17) is 5.26 Å². The maximum Gasteiger partial charge on any atom is 0.101 e. The average Bonchev–Trinajstić information content (AvgIpc) is 2.54. The van der Waals surface area contributed by atoms with Crippen molar-refractivity contribution in [3.8, 4) is 6.07 Å². The zero-order chi connectivity index (χ0) is 10.1. The van der Waals surface area contributed by atoms with Gasteiger partial charge >= 0.3 is 0 Å². The fourth-order valence-corrected chi connectivity index (χ4v) is 3.71. The molecule has 4 heteroatoms. The van der Waals surface area contributed by atoms with Gasteiger partial charge in [0.1, 0.15) is 6.07 Å². The first kappa shape index (κ1) is 10.4. The minimum atomic E-state index is 0.756. The average molecular weight is 378 g/mol. The molecule has 0 radical (unpaired) electrons. The monoisotopic (exact) mass is 377 g/mol. The highest BCUT2D eigenvalue weighted by atomic mass is 127. The Morgan fingerprint density at radius 2 is 2.29 bits per heavy atom. The van der Waals surface area contributed by atoms with Crippen LogP contribution in [0.3, 0.4) is 0 Å². The summed E-state index contributed by atoms with van der Waals surface area (Å²) in [6.07, 6.45) is 0. The molecular weight excluding hydrogens is 373 g/mol. The maximum atomic E-state index is 9.04. The molecule has 0 fully saturated rings. The highest BCUT2D eigenvalue weighted by molar-refractivity contribution is 14.1. The van der Waals surface area contributed by atoms with Crippen LogP contribution < -0.4 is 0 Å². The lowest BCUT2D eigenvalue weighted by Crippen LogP contribution is -1.76. The van der Waals surface area contributed by atoms with Crippen molar-refractivity contribution in [3.63, 3.8) is 0 Å². The van der Waals surface area contributed by atoms with Gasteiger partial charge in [-0.05, 0) is 34.7 Å². The number of benzene rings is 1. The van der Waals surface area contributed by atoms with Gasteiger partial charge in [0.25, 0.3) is 0 Å². The lowest BCUT2D eigenvalue weighted by atomic mass is 10.1. The van der Waals surface area contributed by atoms with E-state index < -0.39 is 0 Å². The number of rotatable bonds is 1. The van der Waals surface area contributed by atoms with E-state index in [1.165, 1.54) is 8.27 Å². The third kappa shape index (κ3) is 1.69. The molecule has 1 heterocycles. The minimum Gasteiger partial charge on any atom is -0.192 e. The molecule has 0 bridgehead atoms. The molecule has 2 rings (SSSR count). The Labute approximate surface area is 108 Å². The van der Waals surface area contributed by atoms with Crippen LogP contribution in [0.25, 0.3) is 10.1 Å². The fraction of sp³-hybridized carbons (Fsp3) is 0.100.